The molecule has 1 aliphatic heterocycles. The van der Waals surface area contributed by atoms with Crippen molar-refractivity contribution >= 4 is 11.6 Å². The Morgan fingerprint density at radius 3 is 3.21 bits per heavy atom. The second kappa shape index (κ2) is 5.10. The third-order valence-electron chi connectivity index (χ3n) is 3.42. The number of hydrogen-bond acceptors (Lipinski definition) is 6. The fourth-order valence-electron chi connectivity index (χ4n) is 2.10. The predicted molar refractivity (Wildman–Crippen MR) is 68.8 cm³/mol. The van der Waals surface area contributed by atoms with Crippen molar-refractivity contribution in [3.05, 3.63) is 17.6 Å². The van der Waals surface area contributed by atoms with E-state index in [0.717, 1.165) is 36.7 Å². The van der Waals surface area contributed by atoms with Crippen LogP contribution in [0.25, 0.3) is 5.78 Å². The molecule has 0 radical (unpaired) electrons. The summed E-state index contributed by atoms with van der Waals surface area (Å²) in [7, 11) is 0. The van der Waals surface area contributed by atoms with E-state index in [4.69, 9.17) is 9.57 Å². The molecule has 1 unspecified atom stereocenters. The molecule has 0 aromatic carbocycles. The van der Waals surface area contributed by atoms with Gasteiger partial charge in [-0.2, -0.15) is 14.6 Å². The van der Waals surface area contributed by atoms with E-state index in [2.05, 4.69) is 20.5 Å². The molecule has 19 heavy (non-hydrogen) atoms. The van der Waals surface area contributed by atoms with E-state index in [-0.39, 0.29) is 0 Å². The minimum atomic E-state index is 0.460. The van der Waals surface area contributed by atoms with Crippen LogP contribution in [-0.4, -0.2) is 39.4 Å². The second-order valence-corrected chi connectivity index (χ2v) is 4.79. The predicted octanol–water partition coefficient (Wildman–Crippen LogP) is 1.12. The second-order valence-electron chi connectivity index (χ2n) is 4.79. The summed E-state index contributed by atoms with van der Waals surface area (Å²) in [5.41, 5.74) is 4.89. The molecule has 0 amide bonds. The van der Waals surface area contributed by atoms with Crippen LogP contribution in [0.5, 0.6) is 0 Å². The zero-order chi connectivity index (χ0) is 13.2. The summed E-state index contributed by atoms with van der Waals surface area (Å²) >= 11 is 0. The highest BCUT2D eigenvalue weighted by Crippen LogP contribution is 2.18. The molecule has 0 aliphatic carbocycles. The summed E-state index contributed by atoms with van der Waals surface area (Å²) in [6.45, 7) is 6.15. The van der Waals surface area contributed by atoms with Gasteiger partial charge in [-0.3, -0.25) is 4.84 Å². The van der Waals surface area contributed by atoms with Gasteiger partial charge in [-0.1, -0.05) is 0 Å². The molecule has 0 saturated carbocycles. The van der Waals surface area contributed by atoms with Crippen LogP contribution in [0.4, 0.5) is 5.82 Å². The number of rotatable bonds is 4. The first-order chi connectivity index (χ1) is 9.25. The summed E-state index contributed by atoms with van der Waals surface area (Å²) in [5, 5.41) is 4.15. The maximum Gasteiger partial charge on any atom is 0.254 e. The maximum atomic E-state index is 5.57. The van der Waals surface area contributed by atoms with Gasteiger partial charge >= 0.3 is 0 Å². The largest absolute Gasteiger partial charge is 0.381 e. The number of fused-ring (bicyclic) bond motifs is 1. The van der Waals surface area contributed by atoms with E-state index < -0.39 is 0 Å². The molecule has 1 aliphatic rings. The SMILES string of the molecule is Cc1nc2ncnn2c(NOCC2CCOC2)c1C. The van der Waals surface area contributed by atoms with Gasteiger partial charge < -0.3 is 4.74 Å². The molecule has 0 bridgehead atoms. The van der Waals surface area contributed by atoms with Crippen LogP contribution < -0.4 is 5.48 Å². The first kappa shape index (κ1) is 12.3. The highest BCUT2D eigenvalue weighted by Gasteiger charge is 2.17. The Labute approximate surface area is 110 Å². The van der Waals surface area contributed by atoms with Gasteiger partial charge in [-0.15, -0.1) is 0 Å². The van der Waals surface area contributed by atoms with Crippen molar-refractivity contribution in [3.8, 4) is 0 Å². The fraction of sp³-hybridized carbons (Fsp3) is 0.583. The smallest absolute Gasteiger partial charge is 0.254 e. The summed E-state index contributed by atoms with van der Waals surface area (Å²) in [5.74, 6) is 1.80. The fourth-order valence-corrected chi connectivity index (χ4v) is 2.10. The van der Waals surface area contributed by atoms with Gasteiger partial charge in [-0.25, -0.2) is 10.5 Å². The van der Waals surface area contributed by atoms with Gasteiger partial charge in [0, 0.05) is 23.8 Å². The molecule has 3 heterocycles. The Balaban J connectivity index is 1.75. The maximum absolute atomic E-state index is 5.57. The Morgan fingerprint density at radius 1 is 1.53 bits per heavy atom. The van der Waals surface area contributed by atoms with E-state index in [9.17, 15) is 0 Å². The van der Waals surface area contributed by atoms with Crippen molar-refractivity contribution < 1.29 is 9.57 Å². The monoisotopic (exact) mass is 263 g/mol. The molecule has 0 spiro atoms. The minimum Gasteiger partial charge on any atom is -0.381 e. The van der Waals surface area contributed by atoms with Crippen LogP contribution in [0.2, 0.25) is 0 Å². The number of hydrogen-bond donors (Lipinski definition) is 1. The quantitative estimate of drug-likeness (QED) is 0.833. The number of ether oxygens (including phenoxy) is 1. The molecule has 2 aromatic heterocycles. The molecule has 2 aromatic rings. The number of nitrogens with zero attached hydrogens (tertiary/aromatic N) is 4. The van der Waals surface area contributed by atoms with Crippen molar-refractivity contribution in [3.63, 3.8) is 0 Å². The average molecular weight is 263 g/mol. The number of aryl methyl sites for hydroxylation is 1. The zero-order valence-corrected chi connectivity index (χ0v) is 11.1. The minimum absolute atomic E-state index is 0.460. The number of aromatic nitrogens is 4. The third kappa shape index (κ3) is 2.39. The van der Waals surface area contributed by atoms with Gasteiger partial charge in [0.2, 0.25) is 0 Å². The molecule has 1 atom stereocenters. The molecule has 7 heteroatoms. The average Bonchev–Trinajstić information content (AvgIpc) is 3.04. The summed E-state index contributed by atoms with van der Waals surface area (Å²) in [6.07, 6.45) is 2.53. The zero-order valence-electron chi connectivity index (χ0n) is 11.1. The normalized spacial score (nSPS) is 19.2. The van der Waals surface area contributed by atoms with Gasteiger partial charge in [0.25, 0.3) is 5.78 Å². The summed E-state index contributed by atoms with van der Waals surface area (Å²) in [6, 6.07) is 0. The topological polar surface area (TPSA) is 73.6 Å². The third-order valence-corrected chi connectivity index (χ3v) is 3.42. The van der Waals surface area contributed by atoms with Crippen molar-refractivity contribution in [1.29, 1.82) is 0 Å². The van der Waals surface area contributed by atoms with E-state index in [1.807, 2.05) is 13.8 Å². The Morgan fingerprint density at radius 2 is 2.42 bits per heavy atom. The van der Waals surface area contributed by atoms with Crippen LogP contribution in [0.15, 0.2) is 6.33 Å². The molecule has 102 valence electrons. The summed E-state index contributed by atoms with van der Waals surface area (Å²) < 4.78 is 6.96. The number of nitrogens with one attached hydrogen (secondary N) is 1. The standard InChI is InChI=1S/C12H17N5O2/c1-8-9(2)15-12-13-7-14-17(12)11(8)16-19-6-10-3-4-18-5-10/h7,10,16H,3-6H2,1-2H3. The van der Waals surface area contributed by atoms with Crippen molar-refractivity contribution in [2.75, 3.05) is 25.3 Å². The van der Waals surface area contributed by atoms with Crippen molar-refractivity contribution in [2.45, 2.75) is 20.3 Å². The highest BCUT2D eigenvalue weighted by molar-refractivity contribution is 5.50. The van der Waals surface area contributed by atoms with Crippen LogP contribution >= 0.6 is 0 Å². The molecule has 1 fully saturated rings. The molecular weight excluding hydrogens is 246 g/mol. The first-order valence-corrected chi connectivity index (χ1v) is 6.38. The highest BCUT2D eigenvalue weighted by atomic mass is 16.6. The van der Waals surface area contributed by atoms with Gasteiger partial charge in [0.05, 0.1) is 13.2 Å². The van der Waals surface area contributed by atoms with E-state index in [1.165, 1.54) is 6.33 Å². The lowest BCUT2D eigenvalue weighted by molar-refractivity contribution is 0.126. The molecular formula is C12H17N5O2. The molecule has 3 rings (SSSR count). The summed E-state index contributed by atoms with van der Waals surface area (Å²) in [4.78, 5) is 14.0. The molecule has 7 nitrogen and oxygen atoms in total. The van der Waals surface area contributed by atoms with E-state index in [0.29, 0.717) is 18.3 Å². The van der Waals surface area contributed by atoms with Gasteiger partial charge in [-0.05, 0) is 20.3 Å². The van der Waals surface area contributed by atoms with E-state index >= 15 is 0 Å². The number of anilines is 1. The van der Waals surface area contributed by atoms with Gasteiger partial charge in [0.1, 0.15) is 6.33 Å². The van der Waals surface area contributed by atoms with Crippen LogP contribution in [0.1, 0.15) is 17.7 Å². The van der Waals surface area contributed by atoms with Crippen molar-refractivity contribution in [2.24, 2.45) is 5.92 Å². The molecule has 1 N–H and O–H groups in total. The Bertz CT molecular complexity index is 577. The molecule has 1 saturated heterocycles. The Kier molecular flexibility index (Phi) is 3.31. The van der Waals surface area contributed by atoms with Crippen LogP contribution in [0.3, 0.4) is 0 Å². The Hall–Kier alpha value is -1.73. The van der Waals surface area contributed by atoms with E-state index in [1.54, 1.807) is 4.52 Å². The lowest BCUT2D eigenvalue weighted by Gasteiger charge is -2.14. The van der Waals surface area contributed by atoms with Crippen LogP contribution in [0, 0.1) is 19.8 Å². The van der Waals surface area contributed by atoms with Crippen LogP contribution in [-0.2, 0) is 9.57 Å². The van der Waals surface area contributed by atoms with Crippen molar-refractivity contribution in [1.82, 2.24) is 19.6 Å². The first-order valence-electron chi connectivity index (χ1n) is 6.38. The lowest BCUT2D eigenvalue weighted by Crippen LogP contribution is -2.16. The lowest BCUT2D eigenvalue weighted by atomic mass is 10.1. The van der Waals surface area contributed by atoms with Gasteiger partial charge in [0.15, 0.2) is 5.82 Å².